The van der Waals surface area contributed by atoms with Gasteiger partial charge in [0, 0.05) is 18.4 Å². The van der Waals surface area contributed by atoms with Crippen LogP contribution in [0.15, 0.2) is 0 Å². The summed E-state index contributed by atoms with van der Waals surface area (Å²) in [6.45, 7) is 1.96. The molecule has 1 amide bonds. The molecule has 0 aromatic rings. The van der Waals surface area contributed by atoms with Gasteiger partial charge >= 0.3 is 5.97 Å². The predicted octanol–water partition coefficient (Wildman–Crippen LogP) is 0.608. The molecule has 4 heteroatoms. The molecule has 1 N–H and O–H groups in total. The largest absolute Gasteiger partial charge is 0.469 e. The van der Waals surface area contributed by atoms with Crippen LogP contribution in [0.1, 0.15) is 32.6 Å². The van der Waals surface area contributed by atoms with Gasteiger partial charge in [0.2, 0.25) is 5.91 Å². The zero-order valence-corrected chi connectivity index (χ0v) is 8.05. The minimum atomic E-state index is -0.220. The molecule has 1 aliphatic heterocycles. The van der Waals surface area contributed by atoms with Gasteiger partial charge in [-0.3, -0.25) is 9.59 Å². The highest BCUT2D eigenvalue weighted by Crippen LogP contribution is 2.24. The smallest absolute Gasteiger partial charge is 0.305 e. The lowest BCUT2D eigenvalue weighted by Crippen LogP contribution is -2.38. The number of methoxy groups -OCH3 is 1. The van der Waals surface area contributed by atoms with E-state index in [0.29, 0.717) is 19.3 Å². The number of rotatable bonds is 3. The number of carbonyl (C=O) groups excluding carboxylic acids is 2. The monoisotopic (exact) mass is 185 g/mol. The molecule has 0 aliphatic carbocycles. The number of nitrogens with one attached hydrogen (secondary N) is 1. The molecule has 1 saturated heterocycles. The molecule has 1 aliphatic rings. The number of hydrogen-bond acceptors (Lipinski definition) is 3. The lowest BCUT2D eigenvalue weighted by atomic mass is 9.94. The Morgan fingerprint density at radius 3 is 2.85 bits per heavy atom. The van der Waals surface area contributed by atoms with Gasteiger partial charge in [-0.05, 0) is 19.8 Å². The third-order valence-corrected chi connectivity index (χ3v) is 2.45. The maximum Gasteiger partial charge on any atom is 0.305 e. The van der Waals surface area contributed by atoms with Crippen LogP contribution in [0.25, 0.3) is 0 Å². The van der Waals surface area contributed by atoms with Gasteiger partial charge in [-0.2, -0.15) is 0 Å². The minimum Gasteiger partial charge on any atom is -0.469 e. The Kier molecular flexibility index (Phi) is 2.90. The number of amides is 1. The van der Waals surface area contributed by atoms with Gasteiger partial charge in [-0.25, -0.2) is 0 Å². The summed E-state index contributed by atoms with van der Waals surface area (Å²) >= 11 is 0. The Bertz CT molecular complexity index is 227. The van der Waals surface area contributed by atoms with Crippen molar-refractivity contribution in [3.05, 3.63) is 0 Å². The summed E-state index contributed by atoms with van der Waals surface area (Å²) in [4.78, 5) is 21.8. The van der Waals surface area contributed by atoms with Crippen LogP contribution in [-0.2, 0) is 14.3 Å². The first-order valence-electron chi connectivity index (χ1n) is 4.43. The van der Waals surface area contributed by atoms with Gasteiger partial charge in [-0.15, -0.1) is 0 Å². The van der Waals surface area contributed by atoms with Gasteiger partial charge in [0.05, 0.1) is 7.11 Å². The lowest BCUT2D eigenvalue weighted by molar-refractivity contribution is -0.141. The molecule has 4 nitrogen and oxygen atoms in total. The highest BCUT2D eigenvalue weighted by molar-refractivity contribution is 5.79. The third kappa shape index (κ3) is 2.72. The summed E-state index contributed by atoms with van der Waals surface area (Å²) < 4.78 is 4.53. The summed E-state index contributed by atoms with van der Waals surface area (Å²) in [6.07, 6.45) is 2.40. The first-order valence-corrected chi connectivity index (χ1v) is 4.43. The molecule has 0 aromatic carbocycles. The van der Waals surface area contributed by atoms with Gasteiger partial charge in [0.15, 0.2) is 0 Å². The Morgan fingerprint density at radius 1 is 1.69 bits per heavy atom. The summed E-state index contributed by atoms with van der Waals surface area (Å²) in [5, 5.41) is 2.86. The van der Waals surface area contributed by atoms with Crippen molar-refractivity contribution in [1.82, 2.24) is 5.32 Å². The van der Waals surface area contributed by atoms with Crippen molar-refractivity contribution in [2.45, 2.75) is 38.1 Å². The molecule has 0 radical (unpaired) electrons. The first-order chi connectivity index (χ1) is 6.06. The van der Waals surface area contributed by atoms with Crippen molar-refractivity contribution < 1.29 is 14.3 Å². The highest BCUT2D eigenvalue weighted by atomic mass is 16.5. The second kappa shape index (κ2) is 3.77. The van der Waals surface area contributed by atoms with Crippen molar-refractivity contribution in [2.24, 2.45) is 0 Å². The standard InChI is InChI=1S/C9H15NO3/c1-9(5-3-7(11)10-9)6-4-8(12)13-2/h3-6H2,1-2H3,(H,10,11)/t9-/m1/s1. The summed E-state index contributed by atoms with van der Waals surface area (Å²) in [6, 6.07) is 0. The Labute approximate surface area is 77.6 Å². The highest BCUT2D eigenvalue weighted by Gasteiger charge is 2.32. The number of hydrogen-bond donors (Lipinski definition) is 1. The summed E-state index contributed by atoms with van der Waals surface area (Å²) in [7, 11) is 1.37. The average molecular weight is 185 g/mol. The molecular weight excluding hydrogens is 170 g/mol. The van der Waals surface area contributed by atoms with Crippen LogP contribution in [-0.4, -0.2) is 24.5 Å². The molecule has 1 atom stereocenters. The van der Waals surface area contributed by atoms with E-state index in [1.807, 2.05) is 6.92 Å². The second-order valence-corrected chi connectivity index (χ2v) is 3.68. The molecule has 0 bridgehead atoms. The maximum atomic E-state index is 10.9. The molecule has 0 spiro atoms. The molecule has 0 unspecified atom stereocenters. The van der Waals surface area contributed by atoms with Crippen molar-refractivity contribution >= 4 is 11.9 Å². The number of carbonyl (C=O) groups is 2. The molecular formula is C9H15NO3. The van der Waals surface area contributed by atoms with Crippen molar-refractivity contribution in [2.75, 3.05) is 7.11 Å². The van der Waals surface area contributed by atoms with E-state index < -0.39 is 0 Å². The molecule has 1 heterocycles. The molecule has 74 valence electrons. The number of esters is 1. The van der Waals surface area contributed by atoms with Crippen molar-refractivity contribution in [3.8, 4) is 0 Å². The van der Waals surface area contributed by atoms with Gasteiger partial charge in [0.25, 0.3) is 0 Å². The van der Waals surface area contributed by atoms with E-state index in [2.05, 4.69) is 10.1 Å². The quantitative estimate of drug-likeness (QED) is 0.655. The van der Waals surface area contributed by atoms with E-state index in [4.69, 9.17) is 0 Å². The average Bonchev–Trinajstić information content (AvgIpc) is 2.43. The van der Waals surface area contributed by atoms with Crippen LogP contribution in [0.3, 0.4) is 0 Å². The fraction of sp³-hybridized carbons (Fsp3) is 0.778. The lowest BCUT2D eigenvalue weighted by Gasteiger charge is -2.22. The summed E-state index contributed by atoms with van der Waals surface area (Å²) in [5.41, 5.74) is -0.203. The van der Waals surface area contributed by atoms with Gasteiger partial charge < -0.3 is 10.1 Å². The van der Waals surface area contributed by atoms with Crippen LogP contribution in [0.2, 0.25) is 0 Å². The van der Waals surface area contributed by atoms with Crippen molar-refractivity contribution in [1.29, 1.82) is 0 Å². The van der Waals surface area contributed by atoms with Crippen LogP contribution in [0, 0.1) is 0 Å². The molecule has 1 rings (SSSR count). The van der Waals surface area contributed by atoms with Gasteiger partial charge in [-0.1, -0.05) is 0 Å². The fourth-order valence-electron chi connectivity index (χ4n) is 1.52. The molecule has 0 aromatic heterocycles. The Hall–Kier alpha value is -1.06. The predicted molar refractivity (Wildman–Crippen MR) is 47.0 cm³/mol. The van der Waals surface area contributed by atoms with Crippen molar-refractivity contribution in [3.63, 3.8) is 0 Å². The zero-order valence-electron chi connectivity index (χ0n) is 8.05. The van der Waals surface area contributed by atoms with E-state index in [1.54, 1.807) is 0 Å². The maximum absolute atomic E-state index is 10.9. The topological polar surface area (TPSA) is 55.4 Å². The SMILES string of the molecule is COC(=O)CC[C@@]1(C)CCC(=O)N1. The van der Waals surface area contributed by atoms with E-state index in [0.717, 1.165) is 6.42 Å². The minimum absolute atomic E-state index is 0.0763. The molecule has 1 fully saturated rings. The van der Waals surface area contributed by atoms with Crippen LogP contribution >= 0.6 is 0 Å². The molecule has 13 heavy (non-hydrogen) atoms. The Morgan fingerprint density at radius 2 is 2.38 bits per heavy atom. The van der Waals surface area contributed by atoms with E-state index in [-0.39, 0.29) is 17.4 Å². The zero-order chi connectivity index (χ0) is 9.90. The normalized spacial score (nSPS) is 27.1. The van der Waals surface area contributed by atoms with Crippen LogP contribution < -0.4 is 5.32 Å². The molecule has 0 saturated carbocycles. The van der Waals surface area contributed by atoms with E-state index in [1.165, 1.54) is 7.11 Å². The third-order valence-electron chi connectivity index (χ3n) is 2.45. The van der Waals surface area contributed by atoms with Crippen LogP contribution in [0.5, 0.6) is 0 Å². The van der Waals surface area contributed by atoms with Crippen LogP contribution in [0.4, 0.5) is 0 Å². The van der Waals surface area contributed by atoms with E-state index in [9.17, 15) is 9.59 Å². The second-order valence-electron chi connectivity index (χ2n) is 3.68. The number of ether oxygens (including phenoxy) is 1. The van der Waals surface area contributed by atoms with Gasteiger partial charge in [0.1, 0.15) is 0 Å². The fourth-order valence-corrected chi connectivity index (χ4v) is 1.52. The van der Waals surface area contributed by atoms with E-state index >= 15 is 0 Å². The first kappa shape index (κ1) is 10.0. The summed E-state index contributed by atoms with van der Waals surface area (Å²) in [5.74, 6) is -0.144. The Balaban J connectivity index is 2.35.